The van der Waals surface area contributed by atoms with E-state index in [1.807, 2.05) is 25.7 Å². The zero-order chi connectivity index (χ0) is 19.3. The first kappa shape index (κ1) is 18.5. The number of halogens is 2. The highest BCUT2D eigenvalue weighted by Crippen LogP contribution is 2.50. The molecule has 2 fully saturated rings. The number of carbonyl (C=O) groups excluding carboxylic acids is 1. The van der Waals surface area contributed by atoms with Crippen LogP contribution in [0, 0.1) is 11.7 Å². The molecule has 7 heteroatoms. The SMILES string of the molecule is CC(C)(C)OC(=O)N1[C@@H]2CC[C@@H](C2)[C@@H]1c1ncc(-c2ccc(Br)cc2F)[nH]1. The molecule has 1 aliphatic heterocycles. The Hall–Kier alpha value is -1.89. The molecule has 0 unspecified atom stereocenters. The minimum Gasteiger partial charge on any atom is -0.444 e. The quantitative estimate of drug-likeness (QED) is 0.682. The second kappa shape index (κ2) is 6.62. The Labute approximate surface area is 166 Å². The third-order valence-electron chi connectivity index (χ3n) is 5.29. The van der Waals surface area contributed by atoms with Crippen molar-refractivity contribution in [2.24, 2.45) is 5.92 Å². The molecule has 0 spiro atoms. The van der Waals surface area contributed by atoms with Gasteiger partial charge in [-0.25, -0.2) is 14.2 Å². The van der Waals surface area contributed by atoms with Gasteiger partial charge in [-0.1, -0.05) is 15.9 Å². The molecule has 1 aromatic heterocycles. The van der Waals surface area contributed by atoms with Crippen LogP contribution in [0.4, 0.5) is 9.18 Å². The largest absolute Gasteiger partial charge is 0.444 e. The van der Waals surface area contributed by atoms with Crippen molar-refractivity contribution in [3.63, 3.8) is 0 Å². The van der Waals surface area contributed by atoms with Crippen LogP contribution in [0.3, 0.4) is 0 Å². The minimum absolute atomic E-state index is 0.147. The average Bonchev–Trinajstić information content (AvgIpc) is 3.28. The van der Waals surface area contributed by atoms with E-state index in [1.165, 1.54) is 6.07 Å². The third-order valence-corrected chi connectivity index (χ3v) is 5.78. The zero-order valence-electron chi connectivity index (χ0n) is 15.6. The molecule has 1 saturated heterocycles. The van der Waals surface area contributed by atoms with Crippen molar-refractivity contribution >= 4 is 22.0 Å². The molecule has 1 amide bonds. The smallest absolute Gasteiger partial charge is 0.411 e. The molecular formula is C20H23BrFN3O2. The molecule has 2 aliphatic rings. The van der Waals surface area contributed by atoms with Gasteiger partial charge in [0, 0.05) is 16.1 Å². The Morgan fingerprint density at radius 1 is 1.37 bits per heavy atom. The zero-order valence-corrected chi connectivity index (χ0v) is 17.2. The summed E-state index contributed by atoms with van der Waals surface area (Å²) in [4.78, 5) is 22.4. The number of imidazole rings is 1. The van der Waals surface area contributed by atoms with Crippen molar-refractivity contribution in [2.45, 2.75) is 57.7 Å². The molecule has 0 radical (unpaired) electrons. The van der Waals surface area contributed by atoms with Crippen molar-refractivity contribution in [3.05, 3.63) is 40.5 Å². The minimum atomic E-state index is -0.543. The lowest BCUT2D eigenvalue weighted by atomic mass is 9.98. The second-order valence-corrected chi connectivity index (χ2v) is 9.28. The number of H-pyrrole nitrogens is 1. The normalized spacial score (nSPS) is 24.5. The number of ether oxygens (including phenoxy) is 1. The van der Waals surface area contributed by atoms with E-state index < -0.39 is 5.60 Å². The van der Waals surface area contributed by atoms with Gasteiger partial charge in [0.05, 0.1) is 17.9 Å². The summed E-state index contributed by atoms with van der Waals surface area (Å²) in [6.07, 6.45) is 4.37. The predicted molar refractivity (Wildman–Crippen MR) is 104 cm³/mol. The van der Waals surface area contributed by atoms with E-state index in [0.29, 0.717) is 27.5 Å². The number of piperidine rings is 1. The molecule has 2 bridgehead atoms. The van der Waals surface area contributed by atoms with Crippen molar-refractivity contribution in [3.8, 4) is 11.3 Å². The maximum atomic E-state index is 14.3. The number of hydrogen-bond acceptors (Lipinski definition) is 3. The van der Waals surface area contributed by atoms with Crippen LogP contribution >= 0.6 is 15.9 Å². The van der Waals surface area contributed by atoms with Gasteiger partial charge in [0.1, 0.15) is 17.2 Å². The fraction of sp³-hybridized carbons (Fsp3) is 0.500. The Bertz CT molecular complexity index is 876. The summed E-state index contributed by atoms with van der Waals surface area (Å²) in [6, 6.07) is 4.98. The van der Waals surface area contributed by atoms with E-state index in [9.17, 15) is 9.18 Å². The number of nitrogens with zero attached hydrogens (tertiary/aromatic N) is 2. The maximum Gasteiger partial charge on any atom is 0.411 e. The number of fused-ring (bicyclic) bond motifs is 2. The van der Waals surface area contributed by atoms with Crippen LogP contribution in [0.2, 0.25) is 0 Å². The molecule has 5 nitrogen and oxygen atoms in total. The van der Waals surface area contributed by atoms with E-state index >= 15 is 0 Å². The molecule has 1 aliphatic carbocycles. The Morgan fingerprint density at radius 3 is 2.85 bits per heavy atom. The van der Waals surface area contributed by atoms with Crippen molar-refractivity contribution in [2.75, 3.05) is 0 Å². The number of aromatic nitrogens is 2. The highest BCUT2D eigenvalue weighted by molar-refractivity contribution is 9.10. The first-order chi connectivity index (χ1) is 12.7. The van der Waals surface area contributed by atoms with E-state index in [-0.39, 0.29) is 24.0 Å². The molecular weight excluding hydrogens is 413 g/mol. The number of aromatic amines is 1. The van der Waals surface area contributed by atoms with Gasteiger partial charge in [-0.3, -0.25) is 4.90 Å². The highest BCUT2D eigenvalue weighted by Gasteiger charge is 2.51. The summed E-state index contributed by atoms with van der Waals surface area (Å²) in [5.41, 5.74) is 0.532. The van der Waals surface area contributed by atoms with Crippen molar-refractivity contribution in [1.29, 1.82) is 0 Å². The van der Waals surface area contributed by atoms with E-state index in [1.54, 1.807) is 18.3 Å². The Morgan fingerprint density at radius 2 is 2.15 bits per heavy atom. The fourth-order valence-electron chi connectivity index (χ4n) is 4.25. The molecule has 1 saturated carbocycles. The van der Waals surface area contributed by atoms with Crippen LogP contribution in [0.5, 0.6) is 0 Å². The Kier molecular flexibility index (Phi) is 4.53. The van der Waals surface area contributed by atoms with E-state index in [2.05, 4.69) is 25.9 Å². The number of hydrogen-bond donors (Lipinski definition) is 1. The van der Waals surface area contributed by atoms with Crippen molar-refractivity contribution < 1.29 is 13.9 Å². The number of rotatable bonds is 2. The van der Waals surface area contributed by atoms with Gasteiger partial charge in [-0.2, -0.15) is 0 Å². The maximum absolute atomic E-state index is 14.3. The van der Waals surface area contributed by atoms with Gasteiger partial charge < -0.3 is 9.72 Å². The van der Waals surface area contributed by atoms with Gasteiger partial charge >= 0.3 is 6.09 Å². The summed E-state index contributed by atoms with van der Waals surface area (Å²) < 4.78 is 20.6. The van der Waals surface area contributed by atoms with Crippen LogP contribution < -0.4 is 0 Å². The number of amides is 1. The number of likely N-dealkylation sites (tertiary alicyclic amines) is 1. The van der Waals surface area contributed by atoms with Crippen LogP contribution in [0.15, 0.2) is 28.9 Å². The van der Waals surface area contributed by atoms with Crippen LogP contribution in [0.1, 0.15) is 51.9 Å². The molecule has 3 atom stereocenters. The summed E-state index contributed by atoms with van der Waals surface area (Å²) in [7, 11) is 0. The summed E-state index contributed by atoms with van der Waals surface area (Å²) in [6.45, 7) is 5.61. The molecule has 4 rings (SSSR count). The summed E-state index contributed by atoms with van der Waals surface area (Å²) in [5, 5.41) is 0. The van der Waals surface area contributed by atoms with E-state index in [0.717, 1.165) is 19.3 Å². The summed E-state index contributed by atoms with van der Waals surface area (Å²) >= 11 is 3.27. The van der Waals surface area contributed by atoms with Crippen molar-refractivity contribution in [1.82, 2.24) is 14.9 Å². The third kappa shape index (κ3) is 3.49. The highest BCUT2D eigenvalue weighted by atomic mass is 79.9. The lowest BCUT2D eigenvalue weighted by Crippen LogP contribution is -2.43. The molecule has 2 aromatic rings. The first-order valence-electron chi connectivity index (χ1n) is 9.24. The lowest BCUT2D eigenvalue weighted by Gasteiger charge is -2.35. The first-order valence-corrected chi connectivity index (χ1v) is 10.0. The number of carbonyl (C=O) groups is 1. The van der Waals surface area contributed by atoms with Gasteiger partial charge in [0.15, 0.2) is 0 Å². The topological polar surface area (TPSA) is 58.2 Å². The molecule has 27 heavy (non-hydrogen) atoms. The molecule has 144 valence electrons. The van der Waals surface area contributed by atoms with Gasteiger partial charge in [0.2, 0.25) is 0 Å². The summed E-state index contributed by atoms with van der Waals surface area (Å²) in [5.74, 6) is 0.734. The van der Waals surface area contributed by atoms with E-state index in [4.69, 9.17) is 4.74 Å². The van der Waals surface area contributed by atoms with Crippen LogP contribution in [0.25, 0.3) is 11.3 Å². The van der Waals surface area contributed by atoms with Crippen LogP contribution in [-0.4, -0.2) is 32.6 Å². The molecule has 1 aromatic carbocycles. The van der Waals surface area contributed by atoms with Crippen LogP contribution in [-0.2, 0) is 4.74 Å². The van der Waals surface area contributed by atoms with Gasteiger partial charge in [-0.15, -0.1) is 0 Å². The predicted octanol–water partition coefficient (Wildman–Crippen LogP) is 5.44. The molecule has 2 heterocycles. The van der Waals surface area contributed by atoms with Gasteiger partial charge in [0.25, 0.3) is 0 Å². The number of benzene rings is 1. The second-order valence-electron chi connectivity index (χ2n) is 8.37. The lowest BCUT2D eigenvalue weighted by molar-refractivity contribution is 0.00620. The standard InChI is InChI=1S/C20H23BrFN3O2/c1-20(2,3)27-19(26)25-13-6-4-11(8-13)17(25)18-23-10-16(24-18)14-7-5-12(21)9-15(14)22/h5,7,9-11,13,17H,4,6,8H2,1-3H3,(H,23,24)/t11-,13+,17+/m0/s1. The average molecular weight is 436 g/mol. The monoisotopic (exact) mass is 435 g/mol. The molecule has 1 N–H and O–H groups in total. The Balaban J connectivity index is 1.64. The fourth-order valence-corrected chi connectivity index (χ4v) is 4.58. The van der Waals surface area contributed by atoms with Gasteiger partial charge in [-0.05, 0) is 64.2 Å². The number of nitrogens with one attached hydrogen (secondary N) is 1.